The van der Waals surface area contributed by atoms with Crippen LogP contribution in [0.15, 0.2) is 29.2 Å². The van der Waals surface area contributed by atoms with Crippen LogP contribution in [0.5, 0.6) is 0 Å². The molecule has 0 saturated carbocycles. The molecule has 4 heteroatoms. The molecule has 0 aliphatic rings. The Labute approximate surface area is 99.6 Å². The van der Waals surface area contributed by atoms with E-state index in [0.29, 0.717) is 22.7 Å². The third-order valence-corrected chi connectivity index (χ3v) is 2.94. The van der Waals surface area contributed by atoms with Crippen molar-refractivity contribution in [2.75, 3.05) is 5.32 Å². The van der Waals surface area contributed by atoms with E-state index in [-0.39, 0.29) is 0 Å². The third-order valence-electron chi connectivity index (χ3n) is 2.21. The lowest BCUT2D eigenvalue weighted by Crippen LogP contribution is -2.14. The highest BCUT2D eigenvalue weighted by Crippen LogP contribution is 2.26. The monoisotopic (exact) mass is 245 g/mol. The molecule has 0 saturated heterocycles. The van der Waals surface area contributed by atoms with Gasteiger partial charge in [0.15, 0.2) is 0 Å². The molecule has 0 aliphatic heterocycles. The first-order valence-electron chi connectivity index (χ1n) is 5.43. The van der Waals surface area contributed by atoms with Crippen molar-refractivity contribution in [1.29, 1.82) is 0 Å². The highest BCUT2D eigenvalue weighted by molar-refractivity contribution is 7.99. The number of rotatable bonds is 6. The van der Waals surface area contributed by atoms with Crippen molar-refractivity contribution in [3.63, 3.8) is 0 Å². The van der Waals surface area contributed by atoms with E-state index in [1.807, 2.05) is 12.1 Å². The molecule has 0 aliphatic carbocycles. The Hall–Kier alpha value is -0.770. The summed E-state index contributed by atoms with van der Waals surface area (Å²) in [7, 11) is 0. The molecular weight excluding hydrogens is 228 g/mol. The summed E-state index contributed by atoms with van der Waals surface area (Å²) in [5.74, 6) is -2.35. The maximum Gasteiger partial charge on any atom is 0.288 e. The van der Waals surface area contributed by atoms with E-state index in [4.69, 9.17) is 0 Å². The largest absolute Gasteiger partial charge is 0.383 e. The highest BCUT2D eigenvalue weighted by Gasteiger charge is 2.05. The van der Waals surface area contributed by atoms with Crippen molar-refractivity contribution >= 4 is 17.4 Å². The van der Waals surface area contributed by atoms with Crippen LogP contribution in [0, 0.1) is 0 Å². The predicted octanol–water partition coefficient (Wildman–Crippen LogP) is 4.60. The quantitative estimate of drug-likeness (QED) is 0.735. The maximum atomic E-state index is 12.1. The van der Waals surface area contributed by atoms with E-state index in [2.05, 4.69) is 19.2 Å². The van der Waals surface area contributed by atoms with E-state index >= 15 is 0 Å². The molecular formula is C12H17F2NS. The summed E-state index contributed by atoms with van der Waals surface area (Å²) in [6, 6.07) is 7.54. The Morgan fingerprint density at radius 3 is 2.38 bits per heavy atom. The van der Waals surface area contributed by atoms with Crippen molar-refractivity contribution in [2.24, 2.45) is 0 Å². The van der Waals surface area contributed by atoms with Gasteiger partial charge in [0, 0.05) is 16.6 Å². The van der Waals surface area contributed by atoms with Gasteiger partial charge in [0.25, 0.3) is 5.76 Å². The fraction of sp³-hybridized carbons (Fsp3) is 0.500. The van der Waals surface area contributed by atoms with Crippen molar-refractivity contribution in [1.82, 2.24) is 0 Å². The van der Waals surface area contributed by atoms with Gasteiger partial charge in [-0.05, 0) is 37.6 Å². The summed E-state index contributed by atoms with van der Waals surface area (Å²) in [6.07, 6.45) is 2.24. The maximum absolute atomic E-state index is 12.1. The molecule has 0 bridgehead atoms. The highest BCUT2D eigenvalue weighted by atomic mass is 32.2. The molecule has 0 heterocycles. The van der Waals surface area contributed by atoms with E-state index < -0.39 is 5.76 Å². The van der Waals surface area contributed by atoms with Crippen LogP contribution in [-0.2, 0) is 0 Å². The van der Waals surface area contributed by atoms with Gasteiger partial charge in [0.1, 0.15) is 0 Å². The Kier molecular flexibility index (Phi) is 5.60. The van der Waals surface area contributed by atoms with Gasteiger partial charge in [0.05, 0.1) is 0 Å². The summed E-state index contributed by atoms with van der Waals surface area (Å²) >= 11 is 0.575. The first kappa shape index (κ1) is 13.3. The lowest BCUT2D eigenvalue weighted by atomic mass is 10.2. The van der Waals surface area contributed by atoms with Crippen LogP contribution < -0.4 is 5.32 Å². The number of hydrogen-bond donors (Lipinski definition) is 1. The molecule has 1 N–H and O–H groups in total. The average Bonchev–Trinajstić information content (AvgIpc) is 2.20. The Balaban J connectivity index is 2.50. The number of hydrogen-bond acceptors (Lipinski definition) is 2. The fourth-order valence-corrected chi connectivity index (χ4v) is 2.02. The van der Waals surface area contributed by atoms with Crippen molar-refractivity contribution < 1.29 is 8.78 Å². The molecule has 0 fully saturated rings. The third kappa shape index (κ3) is 4.84. The Morgan fingerprint density at radius 1 is 1.25 bits per heavy atom. The lowest BCUT2D eigenvalue weighted by Gasteiger charge is -2.14. The van der Waals surface area contributed by atoms with Crippen LogP contribution in [0.4, 0.5) is 14.5 Å². The van der Waals surface area contributed by atoms with Crippen LogP contribution >= 0.6 is 11.8 Å². The SMILES string of the molecule is CCCC(C)Nc1ccc(SC(F)F)cc1. The Bertz CT molecular complexity index is 300. The number of nitrogens with one attached hydrogen (secondary N) is 1. The molecule has 0 amide bonds. The minimum Gasteiger partial charge on any atom is -0.383 e. The summed E-state index contributed by atoms with van der Waals surface area (Å²) in [4.78, 5) is 0.601. The first-order chi connectivity index (χ1) is 7.61. The minimum atomic E-state index is -2.35. The zero-order valence-electron chi connectivity index (χ0n) is 9.54. The molecule has 1 aromatic rings. The standard InChI is InChI=1S/C12H17F2NS/c1-3-4-9(2)15-10-5-7-11(8-6-10)16-12(13)14/h5-9,12,15H,3-4H2,1-2H3. The van der Waals surface area contributed by atoms with Gasteiger partial charge in [-0.15, -0.1) is 0 Å². The minimum absolute atomic E-state index is 0.415. The van der Waals surface area contributed by atoms with Crippen LogP contribution in [-0.4, -0.2) is 11.8 Å². The van der Waals surface area contributed by atoms with E-state index in [9.17, 15) is 8.78 Å². The van der Waals surface area contributed by atoms with Crippen molar-refractivity contribution in [3.8, 4) is 0 Å². The second-order valence-corrected chi connectivity index (χ2v) is 4.80. The predicted molar refractivity (Wildman–Crippen MR) is 66.3 cm³/mol. The van der Waals surface area contributed by atoms with E-state index in [1.54, 1.807) is 12.1 Å². The molecule has 16 heavy (non-hydrogen) atoms. The lowest BCUT2D eigenvalue weighted by molar-refractivity contribution is 0.252. The van der Waals surface area contributed by atoms with Gasteiger partial charge in [0.2, 0.25) is 0 Å². The molecule has 0 radical (unpaired) electrons. The van der Waals surface area contributed by atoms with Gasteiger partial charge >= 0.3 is 0 Å². The van der Waals surface area contributed by atoms with Gasteiger partial charge in [-0.1, -0.05) is 25.1 Å². The first-order valence-corrected chi connectivity index (χ1v) is 6.31. The normalized spacial score (nSPS) is 12.8. The molecule has 1 nitrogen and oxygen atoms in total. The van der Waals surface area contributed by atoms with Crippen LogP contribution in [0.1, 0.15) is 26.7 Å². The smallest absolute Gasteiger partial charge is 0.288 e. The molecule has 1 rings (SSSR count). The molecule has 1 atom stereocenters. The number of alkyl halides is 2. The number of anilines is 1. The zero-order valence-corrected chi connectivity index (χ0v) is 10.4. The topological polar surface area (TPSA) is 12.0 Å². The number of benzene rings is 1. The zero-order chi connectivity index (χ0) is 12.0. The van der Waals surface area contributed by atoms with Gasteiger partial charge in [-0.2, -0.15) is 8.78 Å². The summed E-state index contributed by atoms with van der Waals surface area (Å²) in [5.41, 5.74) is 0.986. The molecule has 90 valence electrons. The second kappa shape index (κ2) is 6.74. The van der Waals surface area contributed by atoms with Crippen LogP contribution in [0.2, 0.25) is 0 Å². The Morgan fingerprint density at radius 2 is 1.88 bits per heavy atom. The molecule has 1 unspecified atom stereocenters. The van der Waals surface area contributed by atoms with Crippen molar-refractivity contribution in [3.05, 3.63) is 24.3 Å². The molecule has 0 spiro atoms. The summed E-state index contributed by atoms with van der Waals surface area (Å²) < 4.78 is 24.2. The van der Waals surface area contributed by atoms with Gasteiger partial charge in [-0.25, -0.2) is 0 Å². The van der Waals surface area contributed by atoms with E-state index in [1.165, 1.54) is 0 Å². The average molecular weight is 245 g/mol. The number of halogens is 2. The summed E-state index contributed by atoms with van der Waals surface area (Å²) in [6.45, 7) is 4.26. The molecule has 1 aromatic carbocycles. The molecule has 0 aromatic heterocycles. The second-order valence-electron chi connectivity index (χ2n) is 3.74. The fourth-order valence-electron chi connectivity index (χ4n) is 1.52. The van der Waals surface area contributed by atoms with Crippen LogP contribution in [0.3, 0.4) is 0 Å². The van der Waals surface area contributed by atoms with Crippen molar-refractivity contribution in [2.45, 2.75) is 43.4 Å². The van der Waals surface area contributed by atoms with Gasteiger partial charge in [-0.3, -0.25) is 0 Å². The van der Waals surface area contributed by atoms with Gasteiger partial charge < -0.3 is 5.32 Å². The van der Waals surface area contributed by atoms with E-state index in [0.717, 1.165) is 18.5 Å². The number of thioether (sulfide) groups is 1. The van der Waals surface area contributed by atoms with Crippen LogP contribution in [0.25, 0.3) is 0 Å². The summed E-state index contributed by atoms with van der Waals surface area (Å²) in [5, 5.41) is 3.33.